The van der Waals surface area contributed by atoms with E-state index in [1.807, 2.05) is 57.2 Å². The van der Waals surface area contributed by atoms with Gasteiger partial charge in [0.2, 0.25) is 0 Å². The minimum absolute atomic E-state index is 0.0330. The number of aryl methyl sites for hydroxylation is 2. The molecule has 0 spiro atoms. The van der Waals surface area contributed by atoms with Gasteiger partial charge in [-0.25, -0.2) is 0 Å². The minimum Gasteiger partial charge on any atom is -0.482 e. The van der Waals surface area contributed by atoms with Crippen LogP contribution in [0.25, 0.3) is 0 Å². The molecule has 2 aromatic carbocycles. The zero-order chi connectivity index (χ0) is 17.3. The lowest BCUT2D eigenvalue weighted by molar-refractivity contribution is -0.118. The van der Waals surface area contributed by atoms with E-state index in [9.17, 15) is 9.59 Å². The molecular weight excluding hydrogens is 304 g/mol. The largest absolute Gasteiger partial charge is 0.482 e. The van der Waals surface area contributed by atoms with Crippen LogP contribution >= 0.6 is 0 Å². The van der Waals surface area contributed by atoms with E-state index < -0.39 is 0 Å². The average Bonchev–Trinajstić information content (AvgIpc) is 2.56. The van der Waals surface area contributed by atoms with Crippen molar-refractivity contribution in [1.29, 1.82) is 0 Å². The van der Waals surface area contributed by atoms with Crippen LogP contribution < -0.4 is 15.4 Å². The van der Waals surface area contributed by atoms with Gasteiger partial charge < -0.3 is 15.4 Å². The quantitative estimate of drug-likeness (QED) is 0.911. The molecule has 1 unspecified atom stereocenters. The van der Waals surface area contributed by atoms with E-state index >= 15 is 0 Å². The molecule has 0 saturated heterocycles. The lowest BCUT2D eigenvalue weighted by atomic mass is 10.0. The molecule has 2 N–H and O–H groups in total. The first-order valence-electron chi connectivity index (χ1n) is 7.89. The van der Waals surface area contributed by atoms with E-state index in [0.717, 1.165) is 16.7 Å². The summed E-state index contributed by atoms with van der Waals surface area (Å²) in [6.45, 7) is 5.83. The minimum atomic E-state index is -0.193. The number of carbonyl (C=O) groups is 2. The Hall–Kier alpha value is -2.82. The number of hydrogen-bond acceptors (Lipinski definition) is 3. The summed E-state index contributed by atoms with van der Waals surface area (Å²) in [4.78, 5) is 24.0. The molecule has 0 fully saturated rings. The Balaban J connectivity index is 1.78. The number of hydrogen-bond donors (Lipinski definition) is 2. The van der Waals surface area contributed by atoms with Crippen molar-refractivity contribution in [1.82, 2.24) is 5.32 Å². The fourth-order valence-electron chi connectivity index (χ4n) is 2.71. The molecule has 5 nitrogen and oxygen atoms in total. The van der Waals surface area contributed by atoms with Crippen molar-refractivity contribution in [2.24, 2.45) is 0 Å². The van der Waals surface area contributed by atoms with Gasteiger partial charge in [-0.05, 0) is 50.1 Å². The molecule has 1 aliphatic heterocycles. The van der Waals surface area contributed by atoms with Gasteiger partial charge in [0, 0.05) is 5.56 Å². The van der Waals surface area contributed by atoms with Gasteiger partial charge in [0.05, 0.1) is 11.7 Å². The van der Waals surface area contributed by atoms with Crippen LogP contribution in [0.2, 0.25) is 0 Å². The van der Waals surface area contributed by atoms with Crippen molar-refractivity contribution in [3.8, 4) is 5.75 Å². The van der Waals surface area contributed by atoms with E-state index in [1.165, 1.54) is 0 Å². The van der Waals surface area contributed by atoms with Crippen molar-refractivity contribution in [3.63, 3.8) is 0 Å². The molecule has 1 aliphatic rings. The third-order valence-corrected chi connectivity index (χ3v) is 4.12. The number of nitrogens with one attached hydrogen (secondary N) is 2. The number of rotatable bonds is 3. The molecule has 0 radical (unpaired) electrons. The van der Waals surface area contributed by atoms with Crippen LogP contribution in [0.3, 0.4) is 0 Å². The molecule has 2 amide bonds. The highest BCUT2D eigenvalue weighted by Crippen LogP contribution is 2.30. The molecule has 2 aromatic rings. The zero-order valence-corrected chi connectivity index (χ0v) is 14.0. The maximum absolute atomic E-state index is 12.5. The second kappa shape index (κ2) is 6.35. The van der Waals surface area contributed by atoms with Crippen LogP contribution in [-0.4, -0.2) is 18.4 Å². The summed E-state index contributed by atoms with van der Waals surface area (Å²) in [6.07, 6.45) is 0. The summed E-state index contributed by atoms with van der Waals surface area (Å²) in [7, 11) is 0. The highest BCUT2D eigenvalue weighted by Gasteiger charge is 2.19. The van der Waals surface area contributed by atoms with Crippen LogP contribution in [0.4, 0.5) is 5.69 Å². The van der Waals surface area contributed by atoms with E-state index in [4.69, 9.17) is 4.74 Å². The Kier molecular flexibility index (Phi) is 4.25. The van der Waals surface area contributed by atoms with Gasteiger partial charge in [0.15, 0.2) is 6.61 Å². The zero-order valence-electron chi connectivity index (χ0n) is 14.0. The average molecular weight is 324 g/mol. The summed E-state index contributed by atoms with van der Waals surface area (Å²) in [6, 6.07) is 11.2. The lowest BCUT2D eigenvalue weighted by Crippen LogP contribution is -2.28. The van der Waals surface area contributed by atoms with Crippen molar-refractivity contribution in [2.45, 2.75) is 26.8 Å². The van der Waals surface area contributed by atoms with Crippen LogP contribution in [0.5, 0.6) is 5.75 Å². The second-order valence-electron chi connectivity index (χ2n) is 6.11. The molecule has 5 heteroatoms. The third kappa shape index (κ3) is 3.25. The Bertz CT molecular complexity index is 814. The smallest absolute Gasteiger partial charge is 0.262 e. The maximum atomic E-state index is 12.5. The molecule has 0 bridgehead atoms. The first-order valence-corrected chi connectivity index (χ1v) is 7.89. The third-order valence-electron chi connectivity index (χ3n) is 4.12. The summed E-state index contributed by atoms with van der Waals surface area (Å²) in [5.74, 6) is 0.361. The van der Waals surface area contributed by atoms with Gasteiger partial charge in [-0.2, -0.15) is 0 Å². The van der Waals surface area contributed by atoms with Crippen molar-refractivity contribution >= 4 is 17.5 Å². The topological polar surface area (TPSA) is 67.4 Å². The molecule has 1 heterocycles. The van der Waals surface area contributed by atoms with E-state index in [1.54, 1.807) is 0 Å². The van der Waals surface area contributed by atoms with Crippen LogP contribution in [0.1, 0.15) is 40.0 Å². The Morgan fingerprint density at radius 2 is 2.00 bits per heavy atom. The maximum Gasteiger partial charge on any atom is 0.262 e. The Morgan fingerprint density at radius 1 is 1.21 bits per heavy atom. The van der Waals surface area contributed by atoms with Crippen molar-refractivity contribution < 1.29 is 14.3 Å². The second-order valence-corrected chi connectivity index (χ2v) is 6.11. The number of amides is 2. The monoisotopic (exact) mass is 324 g/mol. The fraction of sp³-hybridized carbons (Fsp3) is 0.263. The number of benzene rings is 2. The van der Waals surface area contributed by atoms with Gasteiger partial charge in [0.1, 0.15) is 5.75 Å². The Morgan fingerprint density at radius 3 is 2.79 bits per heavy atom. The summed E-state index contributed by atoms with van der Waals surface area (Å²) in [5, 5.41) is 5.79. The van der Waals surface area contributed by atoms with E-state index in [-0.39, 0.29) is 24.5 Å². The molecular formula is C19H20N2O3. The first kappa shape index (κ1) is 16.1. The number of fused-ring (bicyclic) bond motifs is 1. The van der Waals surface area contributed by atoms with Crippen LogP contribution in [0, 0.1) is 13.8 Å². The molecule has 24 heavy (non-hydrogen) atoms. The molecule has 124 valence electrons. The molecule has 3 rings (SSSR count). The van der Waals surface area contributed by atoms with Crippen LogP contribution in [0.15, 0.2) is 36.4 Å². The molecule has 0 aromatic heterocycles. The summed E-state index contributed by atoms with van der Waals surface area (Å²) >= 11 is 0. The molecule has 0 saturated carbocycles. The van der Waals surface area contributed by atoms with Gasteiger partial charge >= 0.3 is 0 Å². The first-order chi connectivity index (χ1) is 11.4. The van der Waals surface area contributed by atoms with Gasteiger partial charge in [-0.3, -0.25) is 9.59 Å². The fourth-order valence-corrected chi connectivity index (χ4v) is 2.71. The number of anilines is 1. The normalized spacial score (nSPS) is 14.2. The van der Waals surface area contributed by atoms with Crippen LogP contribution in [-0.2, 0) is 4.79 Å². The highest BCUT2D eigenvalue weighted by atomic mass is 16.5. The number of ether oxygens (including phenoxy) is 1. The highest BCUT2D eigenvalue weighted by molar-refractivity contribution is 5.96. The molecule has 0 aliphatic carbocycles. The predicted molar refractivity (Wildman–Crippen MR) is 92.4 cm³/mol. The van der Waals surface area contributed by atoms with Gasteiger partial charge in [0.25, 0.3) is 11.8 Å². The van der Waals surface area contributed by atoms with Gasteiger partial charge in [-0.1, -0.05) is 23.8 Å². The molecule has 1 atom stereocenters. The van der Waals surface area contributed by atoms with E-state index in [2.05, 4.69) is 10.6 Å². The van der Waals surface area contributed by atoms with Crippen molar-refractivity contribution in [3.05, 3.63) is 58.7 Å². The number of carbonyl (C=O) groups excluding carboxylic acids is 2. The Labute approximate surface area is 141 Å². The van der Waals surface area contributed by atoms with Gasteiger partial charge in [-0.15, -0.1) is 0 Å². The SMILES string of the molecule is Cc1ccc(C)c(C(=O)NC(C)c2ccc3c(c2)NC(=O)CO3)c1. The van der Waals surface area contributed by atoms with E-state index in [0.29, 0.717) is 17.0 Å². The summed E-state index contributed by atoms with van der Waals surface area (Å²) in [5.41, 5.74) is 4.20. The lowest BCUT2D eigenvalue weighted by Gasteiger charge is -2.21. The van der Waals surface area contributed by atoms with Crippen molar-refractivity contribution in [2.75, 3.05) is 11.9 Å². The summed E-state index contributed by atoms with van der Waals surface area (Å²) < 4.78 is 5.35. The standard InChI is InChI=1S/C19H20N2O3/c1-11-4-5-12(2)15(8-11)19(23)20-13(3)14-6-7-17-16(9-14)21-18(22)10-24-17/h4-9,13H,10H2,1-3H3,(H,20,23)(H,21,22). The predicted octanol–water partition coefficient (Wildman–Crippen LogP) is 3.13.